The highest BCUT2D eigenvalue weighted by Gasteiger charge is 1.99. The van der Waals surface area contributed by atoms with Gasteiger partial charge in [-0.25, -0.2) is 4.98 Å². The van der Waals surface area contributed by atoms with Crippen LogP contribution in [0.25, 0.3) is 0 Å². The first-order chi connectivity index (χ1) is 5.09. The van der Waals surface area contributed by atoms with Gasteiger partial charge in [-0.1, -0.05) is 15.9 Å². The van der Waals surface area contributed by atoms with E-state index >= 15 is 0 Å². The van der Waals surface area contributed by atoms with Gasteiger partial charge in [0.15, 0.2) is 0 Å². The maximum absolute atomic E-state index is 7.12. The molecule has 3 nitrogen and oxygen atoms in total. The highest BCUT2D eigenvalue weighted by molar-refractivity contribution is 9.10. The lowest BCUT2D eigenvalue weighted by atomic mass is 10.3. The molecule has 0 unspecified atom stereocenters. The fourth-order valence-electron chi connectivity index (χ4n) is 0.764. The molecule has 1 aromatic rings. The second-order valence-electron chi connectivity index (χ2n) is 2.23. The second-order valence-corrected chi connectivity index (χ2v) is 3.14. The average Bonchev–Trinajstić information content (AvgIpc) is 1.85. The molecule has 0 fully saturated rings. The van der Waals surface area contributed by atoms with Gasteiger partial charge in [-0.15, -0.1) is 0 Å². The van der Waals surface area contributed by atoms with E-state index in [1.54, 1.807) is 6.07 Å². The molecular weight excluding hydrogens is 206 g/mol. The zero-order valence-corrected chi connectivity index (χ0v) is 7.64. The van der Waals surface area contributed by atoms with Crippen molar-refractivity contribution in [2.45, 2.75) is 6.92 Å². The molecule has 0 aliphatic rings. The molecule has 0 bridgehead atoms. The maximum atomic E-state index is 7.12. The highest BCUT2D eigenvalue weighted by atomic mass is 79.9. The van der Waals surface area contributed by atoms with Crippen LogP contribution in [0.15, 0.2) is 16.6 Å². The van der Waals surface area contributed by atoms with Crippen LogP contribution >= 0.6 is 15.9 Å². The number of aryl methyl sites for hydroxylation is 1. The first-order valence-corrected chi connectivity index (χ1v) is 3.87. The summed E-state index contributed by atoms with van der Waals surface area (Å²) in [5.74, 6) is -0.00519. The molecule has 0 aliphatic carbocycles. The van der Waals surface area contributed by atoms with Crippen LogP contribution in [0.3, 0.4) is 0 Å². The quantitative estimate of drug-likeness (QED) is 0.548. The normalized spacial score (nSPS) is 9.64. The molecular formula is C7H8BrN3. The van der Waals surface area contributed by atoms with E-state index in [0.717, 1.165) is 10.2 Å². The zero-order chi connectivity index (χ0) is 8.43. The van der Waals surface area contributed by atoms with Crippen molar-refractivity contribution in [3.63, 3.8) is 0 Å². The fraction of sp³-hybridized carbons (Fsp3) is 0.143. The summed E-state index contributed by atoms with van der Waals surface area (Å²) < 4.78 is 0.898. The van der Waals surface area contributed by atoms with Crippen LogP contribution in [-0.4, -0.2) is 10.8 Å². The van der Waals surface area contributed by atoms with Gasteiger partial charge in [0.25, 0.3) is 0 Å². The molecule has 1 rings (SSSR count). The van der Waals surface area contributed by atoms with Gasteiger partial charge in [0.1, 0.15) is 11.5 Å². The minimum absolute atomic E-state index is 0.00519. The molecule has 0 amide bonds. The van der Waals surface area contributed by atoms with E-state index in [1.165, 1.54) is 0 Å². The minimum atomic E-state index is -0.00519. The Bertz CT molecular complexity index is 275. The van der Waals surface area contributed by atoms with Gasteiger partial charge in [0.2, 0.25) is 0 Å². The lowest BCUT2D eigenvalue weighted by Gasteiger charge is -1.99. The zero-order valence-electron chi connectivity index (χ0n) is 6.06. The van der Waals surface area contributed by atoms with Gasteiger partial charge in [-0.05, 0) is 19.1 Å². The Morgan fingerprint density at radius 1 is 1.64 bits per heavy atom. The molecule has 0 aromatic carbocycles. The van der Waals surface area contributed by atoms with Crippen molar-refractivity contribution in [1.82, 2.24) is 4.98 Å². The molecule has 3 N–H and O–H groups in total. The van der Waals surface area contributed by atoms with Gasteiger partial charge in [0.05, 0.1) is 0 Å². The predicted molar refractivity (Wildman–Crippen MR) is 47.7 cm³/mol. The van der Waals surface area contributed by atoms with E-state index in [-0.39, 0.29) is 5.84 Å². The second kappa shape index (κ2) is 3.00. The van der Waals surface area contributed by atoms with E-state index in [4.69, 9.17) is 11.1 Å². The van der Waals surface area contributed by atoms with Gasteiger partial charge in [-0.3, -0.25) is 5.41 Å². The fourth-order valence-corrected chi connectivity index (χ4v) is 1.31. The number of nitrogens with two attached hydrogens (primary N) is 1. The number of pyridine rings is 1. The SMILES string of the molecule is Cc1cc(Br)cc(C(=N)N)n1. The van der Waals surface area contributed by atoms with Crippen molar-refractivity contribution in [1.29, 1.82) is 5.41 Å². The van der Waals surface area contributed by atoms with Crippen LogP contribution in [0.1, 0.15) is 11.4 Å². The Balaban J connectivity index is 3.19. The van der Waals surface area contributed by atoms with Gasteiger partial charge >= 0.3 is 0 Å². The van der Waals surface area contributed by atoms with Crippen molar-refractivity contribution >= 4 is 21.8 Å². The topological polar surface area (TPSA) is 62.8 Å². The first-order valence-electron chi connectivity index (χ1n) is 3.08. The summed E-state index contributed by atoms with van der Waals surface area (Å²) in [4.78, 5) is 4.05. The third kappa shape index (κ3) is 2.01. The Hall–Kier alpha value is -0.900. The van der Waals surface area contributed by atoms with Crippen molar-refractivity contribution in [2.75, 3.05) is 0 Å². The Morgan fingerprint density at radius 3 is 2.73 bits per heavy atom. The number of nitrogens with zero attached hydrogens (tertiary/aromatic N) is 1. The summed E-state index contributed by atoms with van der Waals surface area (Å²) >= 11 is 3.29. The van der Waals surface area contributed by atoms with Crippen molar-refractivity contribution in [3.8, 4) is 0 Å². The summed E-state index contributed by atoms with van der Waals surface area (Å²) in [5.41, 5.74) is 6.61. The molecule has 58 valence electrons. The summed E-state index contributed by atoms with van der Waals surface area (Å²) in [6.45, 7) is 1.86. The lowest BCUT2D eigenvalue weighted by Crippen LogP contribution is -2.13. The first kappa shape index (κ1) is 8.20. The summed E-state index contributed by atoms with van der Waals surface area (Å²) in [7, 11) is 0. The lowest BCUT2D eigenvalue weighted by molar-refractivity contribution is 1.16. The summed E-state index contributed by atoms with van der Waals surface area (Å²) in [6, 6.07) is 3.59. The monoisotopic (exact) mass is 213 g/mol. The number of nitrogen functional groups attached to an aromatic ring is 1. The molecule has 1 aromatic heterocycles. The average molecular weight is 214 g/mol. The highest BCUT2D eigenvalue weighted by Crippen LogP contribution is 2.11. The summed E-state index contributed by atoms with van der Waals surface area (Å²) in [6.07, 6.45) is 0. The number of aromatic nitrogens is 1. The third-order valence-electron chi connectivity index (χ3n) is 1.19. The standard InChI is InChI=1S/C7H8BrN3/c1-4-2-5(8)3-6(11-4)7(9)10/h2-3H,1H3,(H3,9,10). The third-order valence-corrected chi connectivity index (χ3v) is 1.65. The van der Waals surface area contributed by atoms with E-state index in [9.17, 15) is 0 Å². The Labute approximate surface area is 73.3 Å². The van der Waals surface area contributed by atoms with Gasteiger partial charge < -0.3 is 5.73 Å². The smallest absolute Gasteiger partial charge is 0.141 e. The largest absolute Gasteiger partial charge is 0.382 e. The maximum Gasteiger partial charge on any atom is 0.141 e. The molecule has 0 spiro atoms. The van der Waals surface area contributed by atoms with Gasteiger partial charge in [-0.2, -0.15) is 0 Å². The number of rotatable bonds is 1. The number of halogens is 1. The Morgan fingerprint density at radius 2 is 2.27 bits per heavy atom. The molecule has 11 heavy (non-hydrogen) atoms. The van der Waals surface area contributed by atoms with E-state index in [1.807, 2.05) is 13.0 Å². The Kier molecular flexibility index (Phi) is 2.24. The van der Waals surface area contributed by atoms with Crippen molar-refractivity contribution in [3.05, 3.63) is 28.0 Å². The molecule has 4 heteroatoms. The number of nitrogens with one attached hydrogen (secondary N) is 1. The van der Waals surface area contributed by atoms with Gasteiger partial charge in [0, 0.05) is 10.2 Å². The van der Waals surface area contributed by atoms with Crippen molar-refractivity contribution < 1.29 is 0 Å². The molecule has 0 radical (unpaired) electrons. The summed E-state index contributed by atoms with van der Waals surface area (Å²) in [5, 5.41) is 7.12. The number of hydrogen-bond donors (Lipinski definition) is 2. The van der Waals surface area contributed by atoms with Crippen LogP contribution in [0.2, 0.25) is 0 Å². The van der Waals surface area contributed by atoms with Crippen LogP contribution in [0, 0.1) is 12.3 Å². The molecule has 0 saturated heterocycles. The molecule has 0 saturated carbocycles. The number of amidine groups is 1. The molecule has 0 aliphatic heterocycles. The predicted octanol–water partition coefficient (Wildman–Crippen LogP) is 1.44. The van der Waals surface area contributed by atoms with E-state index in [0.29, 0.717) is 5.69 Å². The molecule has 0 atom stereocenters. The van der Waals surface area contributed by atoms with Crippen LogP contribution < -0.4 is 5.73 Å². The van der Waals surface area contributed by atoms with E-state index in [2.05, 4.69) is 20.9 Å². The van der Waals surface area contributed by atoms with Crippen LogP contribution in [-0.2, 0) is 0 Å². The minimum Gasteiger partial charge on any atom is -0.382 e. The van der Waals surface area contributed by atoms with Crippen LogP contribution in [0.4, 0.5) is 0 Å². The van der Waals surface area contributed by atoms with Crippen molar-refractivity contribution in [2.24, 2.45) is 5.73 Å². The van der Waals surface area contributed by atoms with E-state index < -0.39 is 0 Å². The molecule has 1 heterocycles. The van der Waals surface area contributed by atoms with Crippen LogP contribution in [0.5, 0.6) is 0 Å². The number of hydrogen-bond acceptors (Lipinski definition) is 2.